The summed E-state index contributed by atoms with van der Waals surface area (Å²) in [5, 5.41) is 12.0. The van der Waals surface area contributed by atoms with Gasteiger partial charge in [-0.2, -0.15) is 0 Å². The van der Waals surface area contributed by atoms with Crippen LogP contribution in [0, 0.1) is 6.92 Å². The minimum absolute atomic E-state index is 0.0370. The minimum atomic E-state index is -0.225. The van der Waals surface area contributed by atoms with Crippen molar-refractivity contribution in [2.45, 2.75) is 20.8 Å². The van der Waals surface area contributed by atoms with Crippen LogP contribution in [0.5, 0.6) is 0 Å². The van der Waals surface area contributed by atoms with Crippen LogP contribution < -0.4 is 0 Å². The number of aryl methyl sites for hydroxylation is 1. The molecule has 4 heteroatoms. The molecule has 2 aromatic carbocycles. The Balaban J connectivity index is 2.34. The first-order valence-corrected chi connectivity index (χ1v) is 7.05. The molecule has 0 amide bonds. The Hall–Kier alpha value is -2.75. The number of carbonyl (C=O) groups is 1. The maximum Gasteiger partial charge on any atom is 0.165 e. The Kier molecular flexibility index (Phi) is 3.37. The number of ketones is 1. The van der Waals surface area contributed by atoms with Crippen molar-refractivity contribution in [1.29, 1.82) is 0 Å². The summed E-state index contributed by atoms with van der Waals surface area (Å²) in [5.41, 5.74) is 2.77. The van der Waals surface area contributed by atoms with Gasteiger partial charge in [0, 0.05) is 0 Å². The Morgan fingerprint density at radius 3 is 2.05 bits per heavy atom. The van der Waals surface area contributed by atoms with E-state index >= 15 is 0 Å². The number of fused-ring (bicyclic) bond motifs is 2. The van der Waals surface area contributed by atoms with E-state index in [9.17, 15) is 9.90 Å². The fraction of sp³-hybridized carbons (Fsp3) is 0.167. The van der Waals surface area contributed by atoms with Gasteiger partial charge in [-0.05, 0) is 43.7 Å². The molecule has 0 atom stereocenters. The molecule has 0 radical (unpaired) electrons. The Morgan fingerprint density at radius 1 is 1.00 bits per heavy atom. The predicted molar refractivity (Wildman–Crippen MR) is 87.7 cm³/mol. The average Bonchev–Trinajstić information content (AvgIpc) is 2.45. The molecule has 4 nitrogen and oxygen atoms in total. The third kappa shape index (κ3) is 2.33. The third-order valence-electron chi connectivity index (χ3n) is 3.66. The second-order valence-corrected chi connectivity index (χ2v) is 5.36. The number of aliphatic hydroxyl groups excluding tert-OH is 1. The number of aliphatic hydroxyl groups is 1. The quantitative estimate of drug-likeness (QED) is 0.441. The van der Waals surface area contributed by atoms with Crippen LogP contribution in [-0.4, -0.2) is 20.9 Å². The summed E-state index contributed by atoms with van der Waals surface area (Å²) in [5.74, 6) is -0.262. The summed E-state index contributed by atoms with van der Waals surface area (Å²) in [6.45, 7) is 4.70. The van der Waals surface area contributed by atoms with E-state index in [-0.39, 0.29) is 17.1 Å². The number of rotatable bonds is 2. The summed E-state index contributed by atoms with van der Waals surface area (Å²) in [6, 6.07) is 11.9. The number of hydrogen-bond acceptors (Lipinski definition) is 4. The van der Waals surface area contributed by atoms with Crippen LogP contribution in [0.1, 0.15) is 25.2 Å². The van der Waals surface area contributed by atoms with Crippen molar-refractivity contribution in [2.75, 3.05) is 0 Å². The first-order valence-electron chi connectivity index (χ1n) is 7.05. The number of hydrogen-bond donors (Lipinski definition) is 1. The molecule has 1 aromatic heterocycles. The van der Waals surface area contributed by atoms with Gasteiger partial charge >= 0.3 is 0 Å². The standard InChI is InChI=1S/C18H16N2O2/c1-10-18(17(11(2)21)12(3)22)20-16-9-14-7-5-4-6-13(14)8-15(16)19-10/h4-9,21H,1-3H3. The topological polar surface area (TPSA) is 63.1 Å². The van der Waals surface area contributed by atoms with Crippen molar-refractivity contribution >= 4 is 33.2 Å². The molecule has 1 heterocycles. The Morgan fingerprint density at radius 2 is 1.55 bits per heavy atom. The van der Waals surface area contributed by atoms with E-state index in [0.717, 1.165) is 16.3 Å². The van der Waals surface area contributed by atoms with Crippen molar-refractivity contribution in [3.05, 3.63) is 53.5 Å². The van der Waals surface area contributed by atoms with Crippen LogP contribution in [-0.2, 0) is 4.79 Å². The zero-order valence-corrected chi connectivity index (χ0v) is 12.7. The van der Waals surface area contributed by atoms with Gasteiger partial charge < -0.3 is 5.11 Å². The molecule has 1 N–H and O–H groups in total. The number of Topliss-reactive ketones (excluding diaryl/α,β-unsaturated/α-hetero) is 1. The van der Waals surface area contributed by atoms with Crippen LogP contribution >= 0.6 is 0 Å². The van der Waals surface area contributed by atoms with Gasteiger partial charge in [-0.15, -0.1) is 0 Å². The maximum absolute atomic E-state index is 11.8. The van der Waals surface area contributed by atoms with E-state index in [2.05, 4.69) is 9.97 Å². The second kappa shape index (κ2) is 5.22. The average molecular weight is 292 g/mol. The van der Waals surface area contributed by atoms with E-state index in [4.69, 9.17) is 0 Å². The van der Waals surface area contributed by atoms with Crippen molar-refractivity contribution in [3.63, 3.8) is 0 Å². The van der Waals surface area contributed by atoms with Gasteiger partial charge in [0.15, 0.2) is 5.78 Å². The molecule has 0 saturated heterocycles. The molecule has 0 spiro atoms. The highest BCUT2D eigenvalue weighted by molar-refractivity contribution is 6.20. The summed E-state index contributed by atoms with van der Waals surface area (Å²) < 4.78 is 0. The number of carbonyl (C=O) groups excluding carboxylic acids is 1. The summed E-state index contributed by atoms with van der Waals surface area (Å²) in [7, 11) is 0. The molecule has 0 fully saturated rings. The molecule has 0 bridgehead atoms. The van der Waals surface area contributed by atoms with Gasteiger partial charge in [-0.25, -0.2) is 9.97 Å². The molecule has 110 valence electrons. The summed E-state index contributed by atoms with van der Waals surface area (Å²) >= 11 is 0. The lowest BCUT2D eigenvalue weighted by atomic mass is 10.0. The maximum atomic E-state index is 11.8. The van der Waals surface area contributed by atoms with E-state index < -0.39 is 0 Å². The lowest BCUT2D eigenvalue weighted by Gasteiger charge is -2.10. The summed E-state index contributed by atoms with van der Waals surface area (Å²) in [6.07, 6.45) is 0. The van der Waals surface area contributed by atoms with Crippen LogP contribution in [0.3, 0.4) is 0 Å². The predicted octanol–water partition coefficient (Wildman–Crippen LogP) is 3.97. The van der Waals surface area contributed by atoms with Crippen LogP contribution in [0.2, 0.25) is 0 Å². The van der Waals surface area contributed by atoms with Gasteiger partial charge in [0.05, 0.1) is 28.0 Å². The zero-order chi connectivity index (χ0) is 15.9. The van der Waals surface area contributed by atoms with E-state index in [1.54, 1.807) is 6.92 Å². The smallest absolute Gasteiger partial charge is 0.165 e. The number of benzene rings is 2. The van der Waals surface area contributed by atoms with Gasteiger partial charge in [0.2, 0.25) is 0 Å². The molecule has 0 aliphatic rings. The minimum Gasteiger partial charge on any atom is -0.512 e. The van der Waals surface area contributed by atoms with Crippen molar-refractivity contribution < 1.29 is 9.90 Å². The molecule has 3 rings (SSSR count). The molecular weight excluding hydrogens is 276 g/mol. The highest BCUT2D eigenvalue weighted by Crippen LogP contribution is 2.25. The van der Waals surface area contributed by atoms with E-state index in [1.807, 2.05) is 36.4 Å². The second-order valence-electron chi connectivity index (χ2n) is 5.36. The fourth-order valence-electron chi connectivity index (χ4n) is 2.66. The first-order chi connectivity index (χ1) is 10.5. The summed E-state index contributed by atoms with van der Waals surface area (Å²) in [4.78, 5) is 20.9. The van der Waals surface area contributed by atoms with Gasteiger partial charge in [-0.1, -0.05) is 24.3 Å². The highest BCUT2D eigenvalue weighted by Gasteiger charge is 2.17. The molecule has 0 saturated carbocycles. The van der Waals surface area contributed by atoms with E-state index in [1.165, 1.54) is 13.8 Å². The molecule has 0 aliphatic heterocycles. The number of allylic oxidation sites excluding steroid dienone is 2. The SMILES string of the molecule is CC(=O)C(=C(C)O)c1nc2cc3ccccc3cc2nc1C. The van der Waals surface area contributed by atoms with Crippen LogP contribution in [0.25, 0.3) is 27.4 Å². The lowest BCUT2D eigenvalue weighted by Crippen LogP contribution is -2.06. The molecule has 3 aromatic rings. The van der Waals surface area contributed by atoms with Crippen molar-refractivity contribution in [1.82, 2.24) is 9.97 Å². The van der Waals surface area contributed by atoms with Gasteiger partial charge in [0.25, 0.3) is 0 Å². The van der Waals surface area contributed by atoms with Gasteiger partial charge in [-0.3, -0.25) is 4.79 Å². The van der Waals surface area contributed by atoms with Crippen LogP contribution in [0.15, 0.2) is 42.2 Å². The van der Waals surface area contributed by atoms with Gasteiger partial charge in [0.1, 0.15) is 5.76 Å². The largest absolute Gasteiger partial charge is 0.512 e. The molecule has 22 heavy (non-hydrogen) atoms. The highest BCUT2D eigenvalue weighted by atomic mass is 16.3. The van der Waals surface area contributed by atoms with E-state index in [0.29, 0.717) is 16.9 Å². The monoisotopic (exact) mass is 292 g/mol. The third-order valence-corrected chi connectivity index (χ3v) is 3.66. The Labute approximate surface area is 128 Å². The molecular formula is C18H16N2O2. The van der Waals surface area contributed by atoms with Crippen molar-refractivity contribution in [3.8, 4) is 0 Å². The first kappa shape index (κ1) is 14.2. The fourth-order valence-corrected chi connectivity index (χ4v) is 2.66. The zero-order valence-electron chi connectivity index (χ0n) is 12.7. The van der Waals surface area contributed by atoms with Crippen molar-refractivity contribution in [2.24, 2.45) is 0 Å². The number of nitrogens with zero attached hydrogens (tertiary/aromatic N) is 2. The Bertz CT molecular complexity index is 938. The van der Waals surface area contributed by atoms with Crippen LogP contribution in [0.4, 0.5) is 0 Å². The lowest BCUT2D eigenvalue weighted by molar-refractivity contribution is -0.111. The number of aromatic nitrogens is 2. The molecule has 0 unspecified atom stereocenters. The molecule has 0 aliphatic carbocycles. The normalized spacial score (nSPS) is 12.5.